The zero-order valence-corrected chi connectivity index (χ0v) is 10.8. The first-order valence-corrected chi connectivity index (χ1v) is 4.04. The van der Waals surface area contributed by atoms with Crippen molar-refractivity contribution in [1.82, 2.24) is 0 Å². The molecule has 0 amide bonds. The number of hydrogen-bond donors (Lipinski definition) is 0. The van der Waals surface area contributed by atoms with Crippen LogP contribution in [0, 0.1) is 6.42 Å². The van der Waals surface area contributed by atoms with Crippen molar-refractivity contribution < 1.29 is 25.8 Å². The average Bonchev–Trinajstić information content (AvgIpc) is 2.46. The second-order valence-electron chi connectivity index (χ2n) is 2.85. The van der Waals surface area contributed by atoms with Crippen LogP contribution in [0.4, 0.5) is 0 Å². The largest absolute Gasteiger partial charge is 0.0619 e. The van der Waals surface area contributed by atoms with E-state index in [4.69, 9.17) is 0 Å². The Hall–Kier alpha value is -0.170. The van der Waals surface area contributed by atoms with Crippen LogP contribution in [0.3, 0.4) is 0 Å². The Morgan fingerprint density at radius 3 is 2.33 bits per heavy atom. The molecular weight excluding hydrogens is 311 g/mol. The van der Waals surface area contributed by atoms with Crippen molar-refractivity contribution in [2.75, 3.05) is 0 Å². The summed E-state index contributed by atoms with van der Waals surface area (Å²) < 4.78 is 0. The molecule has 1 aliphatic carbocycles. The number of benzene rings is 1. The fraction of sp³-hybridized carbons (Fsp3) is 0.182. The maximum absolute atomic E-state index is 2.26. The van der Waals surface area contributed by atoms with Crippen molar-refractivity contribution in [2.24, 2.45) is 0 Å². The molecule has 0 nitrogen and oxygen atoms in total. The molecule has 59 valence electrons. The van der Waals surface area contributed by atoms with E-state index < -0.39 is 0 Å². The quantitative estimate of drug-likeness (QED) is 0.698. The summed E-state index contributed by atoms with van der Waals surface area (Å²) in [5.41, 5.74) is 4.17. The van der Waals surface area contributed by atoms with Gasteiger partial charge >= 0.3 is 0 Å². The predicted molar refractivity (Wildman–Crippen MR) is 48.1 cm³/mol. The first-order valence-electron chi connectivity index (χ1n) is 4.04. The Kier molecular flexibility index (Phi) is 3.45. The minimum Gasteiger partial charge on any atom is -0.0619 e. The molecule has 12 heavy (non-hydrogen) atoms. The topological polar surface area (TPSA) is 0 Å². The standard InChI is InChI=1S/C11H11.Hf/c1-2-9-7-10-5-3-4-6-11(10)8-9;/h3-8H,2H2,1H3;. The monoisotopic (exact) mass is 323 g/mol. The molecule has 0 saturated heterocycles. The molecule has 0 saturated carbocycles. The smallest absolute Gasteiger partial charge is 0.0164 e. The third kappa shape index (κ3) is 1.77. The molecular formula is C11H11Hf. The summed E-state index contributed by atoms with van der Waals surface area (Å²) in [4.78, 5) is 0. The molecule has 1 aromatic rings. The van der Waals surface area contributed by atoms with E-state index in [9.17, 15) is 0 Å². The molecule has 0 spiro atoms. The fourth-order valence-electron chi connectivity index (χ4n) is 1.42. The third-order valence-electron chi connectivity index (χ3n) is 2.09. The van der Waals surface area contributed by atoms with Crippen molar-refractivity contribution in [3.63, 3.8) is 0 Å². The maximum Gasteiger partial charge on any atom is 0.0164 e. The van der Waals surface area contributed by atoms with Crippen molar-refractivity contribution >= 4 is 6.08 Å². The molecule has 0 bridgehead atoms. The van der Waals surface area contributed by atoms with E-state index in [1.54, 1.807) is 0 Å². The minimum atomic E-state index is 0. The Labute approximate surface area is 92.5 Å². The van der Waals surface area contributed by atoms with Gasteiger partial charge in [-0.3, -0.25) is 0 Å². The Morgan fingerprint density at radius 2 is 1.75 bits per heavy atom. The summed E-state index contributed by atoms with van der Waals surface area (Å²) in [7, 11) is 0. The SMILES string of the molecule is CCC1=Cc2ccccc2[CH]1.[Hf]. The molecule has 0 fully saturated rings. The Bertz CT molecular complexity index is 300. The zero-order valence-electron chi connectivity index (χ0n) is 7.17. The van der Waals surface area contributed by atoms with Crippen molar-refractivity contribution in [3.8, 4) is 0 Å². The van der Waals surface area contributed by atoms with Crippen LogP contribution in [0.2, 0.25) is 0 Å². The normalized spacial score (nSPS) is 13.2. The van der Waals surface area contributed by atoms with E-state index in [1.807, 2.05) is 0 Å². The minimum absolute atomic E-state index is 0. The molecule has 0 aliphatic heterocycles. The van der Waals surface area contributed by atoms with Gasteiger partial charge in [-0.15, -0.1) is 0 Å². The van der Waals surface area contributed by atoms with Crippen LogP contribution >= 0.6 is 0 Å². The van der Waals surface area contributed by atoms with Crippen LogP contribution in [-0.4, -0.2) is 0 Å². The van der Waals surface area contributed by atoms with Crippen LogP contribution < -0.4 is 0 Å². The third-order valence-corrected chi connectivity index (χ3v) is 2.09. The van der Waals surface area contributed by atoms with Gasteiger partial charge < -0.3 is 0 Å². The average molecular weight is 322 g/mol. The summed E-state index contributed by atoms with van der Waals surface area (Å²) in [5.74, 6) is 0. The predicted octanol–water partition coefficient (Wildman–Crippen LogP) is 3.04. The summed E-state index contributed by atoms with van der Waals surface area (Å²) in [5, 5.41) is 0. The van der Waals surface area contributed by atoms with Gasteiger partial charge in [0.2, 0.25) is 0 Å². The van der Waals surface area contributed by atoms with Gasteiger partial charge in [0.05, 0.1) is 0 Å². The van der Waals surface area contributed by atoms with Gasteiger partial charge in [-0.25, -0.2) is 0 Å². The fourth-order valence-corrected chi connectivity index (χ4v) is 1.42. The van der Waals surface area contributed by atoms with Crippen LogP contribution in [-0.2, 0) is 25.8 Å². The van der Waals surface area contributed by atoms with Gasteiger partial charge in [-0.05, 0) is 17.5 Å². The number of allylic oxidation sites excluding steroid dienone is 1. The van der Waals surface area contributed by atoms with Crippen LogP contribution in [0.25, 0.3) is 6.08 Å². The van der Waals surface area contributed by atoms with Crippen molar-refractivity contribution in [3.05, 3.63) is 47.4 Å². The van der Waals surface area contributed by atoms with Gasteiger partial charge in [0.15, 0.2) is 0 Å². The van der Waals surface area contributed by atoms with Gasteiger partial charge in [0, 0.05) is 32.3 Å². The van der Waals surface area contributed by atoms with Gasteiger partial charge in [0.1, 0.15) is 0 Å². The number of fused-ring (bicyclic) bond motifs is 1. The molecule has 1 aromatic carbocycles. The molecule has 2 rings (SSSR count). The molecule has 0 aromatic heterocycles. The molecule has 1 radical (unpaired) electrons. The number of rotatable bonds is 1. The van der Waals surface area contributed by atoms with Gasteiger partial charge in [-0.1, -0.05) is 42.8 Å². The summed E-state index contributed by atoms with van der Waals surface area (Å²) in [6.45, 7) is 2.19. The van der Waals surface area contributed by atoms with E-state index >= 15 is 0 Å². The van der Waals surface area contributed by atoms with E-state index in [1.165, 1.54) is 16.7 Å². The summed E-state index contributed by atoms with van der Waals surface area (Å²) >= 11 is 0. The van der Waals surface area contributed by atoms with Crippen LogP contribution in [0.15, 0.2) is 29.8 Å². The second-order valence-corrected chi connectivity index (χ2v) is 2.85. The Morgan fingerprint density at radius 1 is 1.08 bits per heavy atom. The van der Waals surface area contributed by atoms with E-state index in [-0.39, 0.29) is 25.8 Å². The van der Waals surface area contributed by atoms with E-state index in [0.29, 0.717) is 0 Å². The number of hydrogen-bond acceptors (Lipinski definition) is 0. The van der Waals surface area contributed by atoms with E-state index in [0.717, 1.165) is 6.42 Å². The first-order chi connectivity index (χ1) is 5.40. The summed E-state index contributed by atoms with van der Waals surface area (Å²) in [6, 6.07) is 8.49. The second kappa shape index (κ2) is 4.18. The molecule has 0 heterocycles. The van der Waals surface area contributed by atoms with Crippen molar-refractivity contribution in [1.29, 1.82) is 0 Å². The summed E-state index contributed by atoms with van der Waals surface area (Å²) in [6.07, 6.45) is 5.65. The van der Waals surface area contributed by atoms with Crippen LogP contribution in [0.5, 0.6) is 0 Å². The molecule has 1 heteroatoms. The van der Waals surface area contributed by atoms with Crippen molar-refractivity contribution in [2.45, 2.75) is 13.3 Å². The zero-order chi connectivity index (χ0) is 7.68. The first kappa shape index (κ1) is 9.91. The molecule has 0 atom stereocenters. The molecule has 0 N–H and O–H groups in total. The van der Waals surface area contributed by atoms with Crippen LogP contribution in [0.1, 0.15) is 24.5 Å². The van der Waals surface area contributed by atoms with E-state index in [2.05, 4.69) is 43.7 Å². The molecule has 1 aliphatic rings. The maximum atomic E-state index is 2.26. The molecule has 0 unspecified atom stereocenters. The Balaban J connectivity index is 0.000000720. The van der Waals surface area contributed by atoms with Gasteiger partial charge in [-0.2, -0.15) is 0 Å². The van der Waals surface area contributed by atoms with Gasteiger partial charge in [0.25, 0.3) is 0 Å².